The lowest BCUT2D eigenvalue weighted by atomic mass is 9.97. The number of nitrogens with one attached hydrogen (secondary N) is 2. The molecular formula is C18H26FN3O3. The standard InChI is InChI=1S/C18H26FN3O3/c1-18(2,3)25-17(24)20-12-13-8-10-22(11-9-13)16(23)21-15-6-4-14(19)5-7-15/h4-7,13H,8-12H2,1-3H3,(H,20,24)(H,21,23). The minimum Gasteiger partial charge on any atom is -0.444 e. The summed E-state index contributed by atoms with van der Waals surface area (Å²) in [5.74, 6) is -0.0151. The number of ether oxygens (including phenoxy) is 1. The van der Waals surface area contributed by atoms with Gasteiger partial charge in [0, 0.05) is 25.3 Å². The van der Waals surface area contributed by atoms with E-state index >= 15 is 0 Å². The number of halogens is 1. The molecule has 0 atom stereocenters. The van der Waals surface area contributed by atoms with Gasteiger partial charge in [0.05, 0.1) is 0 Å². The van der Waals surface area contributed by atoms with Crippen LogP contribution in [0, 0.1) is 11.7 Å². The van der Waals surface area contributed by atoms with Crippen LogP contribution in [0.15, 0.2) is 24.3 Å². The number of likely N-dealkylation sites (tertiary alicyclic amines) is 1. The predicted molar refractivity (Wildman–Crippen MR) is 94.0 cm³/mol. The molecule has 1 aromatic rings. The highest BCUT2D eigenvalue weighted by Crippen LogP contribution is 2.18. The highest BCUT2D eigenvalue weighted by Gasteiger charge is 2.24. The van der Waals surface area contributed by atoms with Crippen LogP contribution in [-0.4, -0.2) is 42.3 Å². The Balaban J connectivity index is 1.71. The zero-order chi connectivity index (χ0) is 18.4. The molecule has 138 valence electrons. The SMILES string of the molecule is CC(C)(C)OC(=O)NCC1CCN(C(=O)Nc2ccc(F)cc2)CC1. The Hall–Kier alpha value is -2.31. The lowest BCUT2D eigenvalue weighted by Gasteiger charge is -2.32. The first-order chi connectivity index (χ1) is 11.7. The van der Waals surface area contributed by atoms with Crippen molar-refractivity contribution in [2.24, 2.45) is 5.92 Å². The van der Waals surface area contributed by atoms with E-state index in [0.717, 1.165) is 12.8 Å². The monoisotopic (exact) mass is 351 g/mol. The van der Waals surface area contributed by atoms with Crippen molar-refractivity contribution in [3.8, 4) is 0 Å². The highest BCUT2D eigenvalue weighted by molar-refractivity contribution is 5.89. The smallest absolute Gasteiger partial charge is 0.407 e. The van der Waals surface area contributed by atoms with E-state index in [0.29, 0.717) is 31.2 Å². The molecule has 2 rings (SSSR count). The van der Waals surface area contributed by atoms with Crippen LogP contribution in [0.3, 0.4) is 0 Å². The molecule has 0 aromatic heterocycles. The van der Waals surface area contributed by atoms with Gasteiger partial charge in [-0.25, -0.2) is 14.0 Å². The fourth-order valence-electron chi connectivity index (χ4n) is 2.62. The summed E-state index contributed by atoms with van der Waals surface area (Å²) in [7, 11) is 0. The molecule has 0 spiro atoms. The van der Waals surface area contributed by atoms with Gasteiger partial charge >= 0.3 is 12.1 Å². The van der Waals surface area contributed by atoms with Crippen molar-refractivity contribution >= 4 is 17.8 Å². The summed E-state index contributed by atoms with van der Waals surface area (Å²) in [6.45, 7) is 7.25. The van der Waals surface area contributed by atoms with Crippen molar-refractivity contribution in [3.63, 3.8) is 0 Å². The number of hydrogen-bond acceptors (Lipinski definition) is 3. The molecule has 7 heteroatoms. The molecule has 0 unspecified atom stereocenters. The van der Waals surface area contributed by atoms with Gasteiger partial charge in [-0.15, -0.1) is 0 Å². The summed E-state index contributed by atoms with van der Waals surface area (Å²) < 4.78 is 18.1. The summed E-state index contributed by atoms with van der Waals surface area (Å²) in [6.07, 6.45) is 1.21. The molecule has 0 bridgehead atoms. The van der Waals surface area contributed by atoms with Gasteiger partial charge in [-0.2, -0.15) is 0 Å². The maximum absolute atomic E-state index is 12.9. The van der Waals surface area contributed by atoms with Gasteiger partial charge in [-0.05, 0) is 63.8 Å². The van der Waals surface area contributed by atoms with E-state index in [4.69, 9.17) is 4.74 Å². The van der Waals surface area contributed by atoms with Crippen LogP contribution in [0.5, 0.6) is 0 Å². The van der Waals surface area contributed by atoms with Gasteiger partial charge in [0.2, 0.25) is 0 Å². The molecule has 1 aliphatic heterocycles. The maximum Gasteiger partial charge on any atom is 0.407 e. The summed E-state index contributed by atoms with van der Waals surface area (Å²) >= 11 is 0. The largest absolute Gasteiger partial charge is 0.444 e. The van der Waals surface area contributed by atoms with E-state index in [1.807, 2.05) is 20.8 Å². The molecule has 1 aliphatic rings. The van der Waals surface area contributed by atoms with Crippen molar-refractivity contribution in [2.75, 3.05) is 25.0 Å². The molecule has 1 saturated heterocycles. The number of benzene rings is 1. The third-order valence-electron chi connectivity index (χ3n) is 3.93. The summed E-state index contributed by atoms with van der Waals surface area (Å²) in [5, 5.41) is 5.54. The quantitative estimate of drug-likeness (QED) is 0.874. The fourth-order valence-corrected chi connectivity index (χ4v) is 2.62. The van der Waals surface area contributed by atoms with E-state index in [9.17, 15) is 14.0 Å². The van der Waals surface area contributed by atoms with Gasteiger partial charge < -0.3 is 20.3 Å². The van der Waals surface area contributed by atoms with Crippen LogP contribution in [0.4, 0.5) is 19.7 Å². The molecular weight excluding hydrogens is 325 g/mol. The van der Waals surface area contributed by atoms with E-state index in [1.165, 1.54) is 24.3 Å². The minimum absolute atomic E-state index is 0.190. The number of carbonyl (C=O) groups is 2. The Kier molecular flexibility index (Phi) is 6.22. The number of alkyl carbamates (subject to hydrolysis) is 1. The van der Waals surface area contributed by atoms with Gasteiger partial charge in [0.1, 0.15) is 11.4 Å². The lowest BCUT2D eigenvalue weighted by molar-refractivity contribution is 0.0511. The van der Waals surface area contributed by atoms with Crippen molar-refractivity contribution < 1.29 is 18.7 Å². The first kappa shape index (κ1) is 19.0. The minimum atomic E-state index is -0.508. The summed E-state index contributed by atoms with van der Waals surface area (Å²) in [4.78, 5) is 25.6. The third-order valence-corrected chi connectivity index (χ3v) is 3.93. The number of urea groups is 1. The van der Waals surface area contributed by atoms with Gasteiger partial charge in [0.25, 0.3) is 0 Å². The number of carbonyl (C=O) groups excluding carboxylic acids is 2. The molecule has 0 aliphatic carbocycles. The van der Waals surface area contributed by atoms with Crippen molar-refractivity contribution in [3.05, 3.63) is 30.1 Å². The number of piperidine rings is 1. The maximum atomic E-state index is 12.9. The molecule has 2 N–H and O–H groups in total. The number of hydrogen-bond donors (Lipinski definition) is 2. The molecule has 0 radical (unpaired) electrons. The second-order valence-electron chi connectivity index (χ2n) is 7.25. The van der Waals surface area contributed by atoms with E-state index in [1.54, 1.807) is 4.90 Å². The van der Waals surface area contributed by atoms with Crippen LogP contribution < -0.4 is 10.6 Å². The number of rotatable bonds is 3. The first-order valence-electron chi connectivity index (χ1n) is 8.51. The van der Waals surface area contributed by atoms with E-state index in [-0.39, 0.29) is 11.8 Å². The van der Waals surface area contributed by atoms with Gasteiger partial charge in [0.15, 0.2) is 0 Å². The molecule has 0 saturated carbocycles. The van der Waals surface area contributed by atoms with Gasteiger partial charge in [-0.3, -0.25) is 0 Å². The topological polar surface area (TPSA) is 70.7 Å². The van der Waals surface area contributed by atoms with Crippen LogP contribution in [0.2, 0.25) is 0 Å². The van der Waals surface area contributed by atoms with Gasteiger partial charge in [-0.1, -0.05) is 0 Å². The van der Waals surface area contributed by atoms with E-state index < -0.39 is 11.7 Å². The Morgan fingerprint density at radius 1 is 1.20 bits per heavy atom. The lowest BCUT2D eigenvalue weighted by Crippen LogP contribution is -2.43. The Labute approximate surface area is 147 Å². The zero-order valence-electron chi connectivity index (χ0n) is 15.0. The van der Waals surface area contributed by atoms with Crippen LogP contribution in [-0.2, 0) is 4.74 Å². The molecule has 1 aromatic carbocycles. The van der Waals surface area contributed by atoms with Crippen LogP contribution in [0.1, 0.15) is 33.6 Å². The first-order valence-corrected chi connectivity index (χ1v) is 8.51. The van der Waals surface area contributed by atoms with Crippen molar-refractivity contribution in [2.45, 2.75) is 39.2 Å². The highest BCUT2D eigenvalue weighted by atomic mass is 19.1. The Morgan fingerprint density at radius 3 is 2.36 bits per heavy atom. The molecule has 6 nitrogen and oxygen atoms in total. The van der Waals surface area contributed by atoms with Crippen molar-refractivity contribution in [1.29, 1.82) is 0 Å². The average molecular weight is 351 g/mol. The summed E-state index contributed by atoms with van der Waals surface area (Å²) in [6, 6.07) is 5.49. The predicted octanol–water partition coefficient (Wildman–Crippen LogP) is 3.59. The van der Waals surface area contributed by atoms with E-state index in [2.05, 4.69) is 10.6 Å². The summed E-state index contributed by atoms with van der Waals surface area (Å²) in [5.41, 5.74) is 0.0615. The Bertz CT molecular complexity index is 591. The molecule has 1 fully saturated rings. The zero-order valence-corrected chi connectivity index (χ0v) is 15.0. The van der Waals surface area contributed by atoms with Crippen molar-refractivity contribution in [1.82, 2.24) is 10.2 Å². The third kappa shape index (κ3) is 6.60. The number of amides is 3. The number of anilines is 1. The number of nitrogens with zero attached hydrogens (tertiary/aromatic N) is 1. The van der Waals surface area contributed by atoms with Crippen LogP contribution in [0.25, 0.3) is 0 Å². The molecule has 25 heavy (non-hydrogen) atoms. The normalized spacial score (nSPS) is 15.6. The second-order valence-corrected chi connectivity index (χ2v) is 7.25. The van der Waals surface area contributed by atoms with Crippen LogP contribution >= 0.6 is 0 Å². The second kappa shape index (κ2) is 8.18. The Morgan fingerprint density at radius 2 is 1.80 bits per heavy atom. The average Bonchev–Trinajstić information content (AvgIpc) is 2.54. The molecule has 3 amide bonds. The fraction of sp³-hybridized carbons (Fsp3) is 0.556. The molecule has 1 heterocycles.